The molecule has 0 aromatic carbocycles. The predicted molar refractivity (Wildman–Crippen MR) is 80.9 cm³/mol. The molecule has 0 saturated carbocycles. The lowest BCUT2D eigenvalue weighted by molar-refractivity contribution is 0.710. The van der Waals surface area contributed by atoms with Crippen LogP contribution in [-0.2, 0) is 20.0 Å². The van der Waals surface area contributed by atoms with Crippen LogP contribution in [0.4, 0.5) is 5.95 Å². The maximum atomic E-state index is 6.07. The zero-order valence-corrected chi connectivity index (χ0v) is 12.7. The van der Waals surface area contributed by atoms with Gasteiger partial charge in [0.2, 0.25) is 5.95 Å². The number of fused-ring (bicyclic) bond motifs is 1. The van der Waals surface area contributed by atoms with E-state index in [1.165, 1.54) is 0 Å². The summed E-state index contributed by atoms with van der Waals surface area (Å²) >= 11 is 1.64. The fourth-order valence-electron chi connectivity index (χ4n) is 2.43. The first-order valence-electron chi connectivity index (χ1n) is 6.68. The van der Waals surface area contributed by atoms with Gasteiger partial charge in [0.05, 0.1) is 12.2 Å². The average Bonchev–Trinajstić information content (AvgIpc) is 3.02. The van der Waals surface area contributed by atoms with Crippen LogP contribution in [0.2, 0.25) is 0 Å². The number of anilines is 1. The zero-order valence-electron chi connectivity index (χ0n) is 11.9. The van der Waals surface area contributed by atoms with Gasteiger partial charge in [-0.15, -0.1) is 11.3 Å². The number of aromatic nitrogens is 5. The Kier molecular flexibility index (Phi) is 3.21. The Balaban J connectivity index is 2.08. The topological polar surface area (TPSA) is 74.6 Å². The molecule has 0 spiro atoms. The van der Waals surface area contributed by atoms with Crippen LogP contribution in [0, 0.1) is 6.92 Å². The Morgan fingerprint density at radius 3 is 2.80 bits per heavy atom. The molecule has 0 aliphatic heterocycles. The molecule has 0 fully saturated rings. The van der Waals surface area contributed by atoms with Gasteiger partial charge in [0.1, 0.15) is 10.5 Å². The van der Waals surface area contributed by atoms with Gasteiger partial charge in [0.15, 0.2) is 5.65 Å². The summed E-state index contributed by atoms with van der Waals surface area (Å²) in [6.45, 7) is 4.78. The van der Waals surface area contributed by atoms with Gasteiger partial charge in [-0.25, -0.2) is 9.97 Å². The SMILES string of the molecule is CCCc1nn(C)c2c1nc(N)n2Cc1nc(C)cs1. The summed E-state index contributed by atoms with van der Waals surface area (Å²) in [6, 6.07) is 0. The van der Waals surface area contributed by atoms with Crippen molar-refractivity contribution in [3.05, 3.63) is 21.8 Å². The standard InChI is InChI=1S/C13H18N6S/c1-4-5-9-11-12(18(3)17-9)19(13(14)16-11)6-10-15-8(2)7-20-10/h7H,4-6H2,1-3H3,(H2,14,16). The lowest BCUT2D eigenvalue weighted by atomic mass is 10.2. The molecule has 6 nitrogen and oxygen atoms in total. The molecule has 3 rings (SSSR count). The molecule has 0 saturated heterocycles. The van der Waals surface area contributed by atoms with Crippen molar-refractivity contribution >= 4 is 28.4 Å². The van der Waals surface area contributed by atoms with E-state index < -0.39 is 0 Å². The summed E-state index contributed by atoms with van der Waals surface area (Å²) in [7, 11) is 1.94. The molecule has 0 aliphatic carbocycles. The minimum absolute atomic E-state index is 0.526. The molecule has 2 N–H and O–H groups in total. The third-order valence-electron chi connectivity index (χ3n) is 3.27. The minimum atomic E-state index is 0.526. The lowest BCUT2D eigenvalue weighted by Gasteiger charge is -2.04. The Labute approximate surface area is 121 Å². The third kappa shape index (κ3) is 2.07. The van der Waals surface area contributed by atoms with Gasteiger partial charge in [-0.3, -0.25) is 9.25 Å². The summed E-state index contributed by atoms with van der Waals surface area (Å²) in [5.74, 6) is 0.526. The number of nitrogens with zero attached hydrogens (tertiary/aromatic N) is 5. The summed E-state index contributed by atoms with van der Waals surface area (Å²) in [5.41, 5.74) is 10.0. The zero-order chi connectivity index (χ0) is 14.3. The van der Waals surface area contributed by atoms with Crippen LogP contribution in [0.1, 0.15) is 29.7 Å². The van der Waals surface area contributed by atoms with Crippen LogP contribution >= 0.6 is 11.3 Å². The third-order valence-corrected chi connectivity index (χ3v) is 4.22. The van der Waals surface area contributed by atoms with Crippen LogP contribution in [0.15, 0.2) is 5.38 Å². The number of aryl methyl sites for hydroxylation is 3. The molecule has 106 valence electrons. The highest BCUT2D eigenvalue weighted by molar-refractivity contribution is 7.09. The van der Waals surface area contributed by atoms with Gasteiger partial charge in [-0.1, -0.05) is 13.3 Å². The molecule has 0 amide bonds. The van der Waals surface area contributed by atoms with Gasteiger partial charge in [0, 0.05) is 18.1 Å². The first-order valence-corrected chi connectivity index (χ1v) is 7.56. The maximum Gasteiger partial charge on any atom is 0.202 e. The van der Waals surface area contributed by atoms with Gasteiger partial charge in [-0.05, 0) is 13.3 Å². The second kappa shape index (κ2) is 4.90. The molecule has 3 aromatic rings. The van der Waals surface area contributed by atoms with Crippen LogP contribution in [-0.4, -0.2) is 24.3 Å². The molecule has 7 heteroatoms. The van der Waals surface area contributed by atoms with Crippen LogP contribution in [0.3, 0.4) is 0 Å². The summed E-state index contributed by atoms with van der Waals surface area (Å²) in [6.07, 6.45) is 1.97. The molecule has 0 bridgehead atoms. The van der Waals surface area contributed by atoms with Gasteiger partial charge in [-0.2, -0.15) is 5.10 Å². The first-order chi connectivity index (χ1) is 9.60. The van der Waals surface area contributed by atoms with Crippen molar-refractivity contribution in [2.45, 2.75) is 33.2 Å². The Bertz CT molecular complexity index is 750. The number of nitrogen functional groups attached to an aromatic ring is 1. The van der Waals surface area contributed by atoms with E-state index in [2.05, 4.69) is 22.0 Å². The second-order valence-corrected chi connectivity index (χ2v) is 5.87. The Morgan fingerprint density at radius 1 is 1.35 bits per heavy atom. The number of thiazole rings is 1. The highest BCUT2D eigenvalue weighted by atomic mass is 32.1. The fourth-order valence-corrected chi connectivity index (χ4v) is 3.19. The molecular weight excluding hydrogens is 272 g/mol. The van der Waals surface area contributed by atoms with Crippen molar-refractivity contribution in [1.82, 2.24) is 24.3 Å². The monoisotopic (exact) mass is 290 g/mol. The van der Waals surface area contributed by atoms with Crippen LogP contribution in [0.25, 0.3) is 11.2 Å². The molecule has 0 atom stereocenters. The largest absolute Gasteiger partial charge is 0.369 e. The van der Waals surface area contributed by atoms with Crippen molar-refractivity contribution in [2.24, 2.45) is 7.05 Å². The number of nitrogens with two attached hydrogens (primary N) is 1. The highest BCUT2D eigenvalue weighted by Gasteiger charge is 2.18. The smallest absolute Gasteiger partial charge is 0.202 e. The molecule has 3 heterocycles. The highest BCUT2D eigenvalue weighted by Crippen LogP contribution is 2.23. The van der Waals surface area contributed by atoms with Gasteiger partial charge >= 0.3 is 0 Å². The van der Waals surface area contributed by atoms with Gasteiger partial charge in [0.25, 0.3) is 0 Å². The number of rotatable bonds is 4. The molecule has 0 radical (unpaired) electrons. The maximum absolute atomic E-state index is 6.07. The predicted octanol–water partition coefficient (Wildman–Crippen LogP) is 2.12. The van der Waals surface area contributed by atoms with Crippen molar-refractivity contribution < 1.29 is 0 Å². The van der Waals surface area contributed by atoms with Crippen molar-refractivity contribution in [3.63, 3.8) is 0 Å². The van der Waals surface area contributed by atoms with E-state index in [-0.39, 0.29) is 0 Å². The minimum Gasteiger partial charge on any atom is -0.369 e. The molecule has 0 aliphatic rings. The van der Waals surface area contributed by atoms with E-state index in [0.717, 1.165) is 40.4 Å². The molecule has 0 unspecified atom stereocenters. The van der Waals surface area contributed by atoms with Crippen molar-refractivity contribution in [2.75, 3.05) is 5.73 Å². The number of imidazole rings is 1. The summed E-state index contributed by atoms with van der Waals surface area (Å²) in [5, 5.41) is 7.63. The fraction of sp³-hybridized carbons (Fsp3) is 0.462. The van der Waals surface area contributed by atoms with Crippen molar-refractivity contribution in [3.8, 4) is 0 Å². The molecular formula is C13H18N6S. The van der Waals surface area contributed by atoms with Crippen molar-refractivity contribution in [1.29, 1.82) is 0 Å². The van der Waals surface area contributed by atoms with Gasteiger partial charge < -0.3 is 5.73 Å². The van der Waals surface area contributed by atoms with E-state index in [0.29, 0.717) is 12.5 Å². The van der Waals surface area contributed by atoms with E-state index in [1.807, 2.05) is 28.6 Å². The molecule has 3 aromatic heterocycles. The second-order valence-electron chi connectivity index (χ2n) is 4.93. The summed E-state index contributed by atoms with van der Waals surface area (Å²) < 4.78 is 3.85. The van der Waals surface area contributed by atoms with E-state index in [1.54, 1.807) is 11.3 Å². The normalized spacial score (nSPS) is 11.6. The van der Waals surface area contributed by atoms with E-state index in [4.69, 9.17) is 5.73 Å². The van der Waals surface area contributed by atoms with E-state index >= 15 is 0 Å². The first kappa shape index (κ1) is 13.1. The summed E-state index contributed by atoms with van der Waals surface area (Å²) in [4.78, 5) is 8.98. The van der Waals surface area contributed by atoms with E-state index in [9.17, 15) is 0 Å². The Morgan fingerprint density at radius 2 is 2.15 bits per heavy atom. The molecule has 20 heavy (non-hydrogen) atoms. The number of hydrogen-bond donors (Lipinski definition) is 1. The number of hydrogen-bond acceptors (Lipinski definition) is 5. The quantitative estimate of drug-likeness (QED) is 0.798. The van der Waals surface area contributed by atoms with Crippen LogP contribution < -0.4 is 5.73 Å². The lowest BCUT2D eigenvalue weighted by Crippen LogP contribution is -2.08. The van der Waals surface area contributed by atoms with Crippen LogP contribution in [0.5, 0.6) is 0 Å². The Hall–Kier alpha value is -1.89. The average molecular weight is 290 g/mol.